The number of carbonyl (C=O) groups excluding carboxylic acids is 1. The third-order valence-corrected chi connectivity index (χ3v) is 4.37. The fourth-order valence-electron chi connectivity index (χ4n) is 2.78. The minimum absolute atomic E-state index is 0.170. The van der Waals surface area contributed by atoms with Crippen molar-refractivity contribution in [2.24, 2.45) is 5.92 Å². The number of aromatic nitrogens is 2. The summed E-state index contributed by atoms with van der Waals surface area (Å²) in [6, 6.07) is 13.3. The van der Waals surface area contributed by atoms with E-state index in [1.165, 1.54) is 12.1 Å². The normalized spacial score (nSPS) is 10.9. The van der Waals surface area contributed by atoms with E-state index in [9.17, 15) is 9.18 Å². The highest BCUT2D eigenvalue weighted by Crippen LogP contribution is 2.22. The van der Waals surface area contributed by atoms with Crippen LogP contribution in [0, 0.1) is 11.7 Å². The summed E-state index contributed by atoms with van der Waals surface area (Å²) in [6.45, 7) is 4.15. The molecular weight excluding hydrogens is 377 g/mol. The topological polar surface area (TPSA) is 54.9 Å². The van der Waals surface area contributed by atoms with Gasteiger partial charge in [0.15, 0.2) is 5.82 Å². The zero-order valence-electron chi connectivity index (χ0n) is 15.7. The lowest BCUT2D eigenvalue weighted by Gasteiger charge is -2.13. The lowest BCUT2D eigenvalue weighted by atomic mass is 10.1. The van der Waals surface area contributed by atoms with E-state index in [0.717, 1.165) is 11.1 Å². The summed E-state index contributed by atoms with van der Waals surface area (Å²) in [5.41, 5.74) is 2.99. The second kappa shape index (κ2) is 8.93. The van der Waals surface area contributed by atoms with Crippen molar-refractivity contribution in [2.75, 3.05) is 5.32 Å². The van der Waals surface area contributed by atoms with E-state index in [-0.39, 0.29) is 18.1 Å². The summed E-state index contributed by atoms with van der Waals surface area (Å²) >= 11 is 5.88. The van der Waals surface area contributed by atoms with Crippen LogP contribution in [0.1, 0.15) is 25.1 Å². The average Bonchev–Trinajstić information content (AvgIpc) is 2.65. The number of amides is 1. The molecule has 0 saturated heterocycles. The number of halogens is 2. The molecule has 2 aromatic carbocycles. The molecule has 3 rings (SSSR count). The van der Waals surface area contributed by atoms with Crippen molar-refractivity contribution in [1.29, 1.82) is 0 Å². The van der Waals surface area contributed by atoms with E-state index in [1.54, 1.807) is 30.5 Å². The molecule has 6 heteroatoms. The van der Waals surface area contributed by atoms with Gasteiger partial charge in [-0.05, 0) is 54.3 Å². The first-order chi connectivity index (χ1) is 13.4. The predicted octanol–water partition coefficient (Wildman–Crippen LogP) is 5.32. The molecule has 0 fully saturated rings. The molecule has 4 nitrogen and oxygen atoms in total. The number of nitrogens with one attached hydrogen (secondary N) is 1. The van der Waals surface area contributed by atoms with Crippen LogP contribution in [0.15, 0.2) is 54.7 Å². The van der Waals surface area contributed by atoms with Crippen molar-refractivity contribution < 1.29 is 9.18 Å². The van der Waals surface area contributed by atoms with Gasteiger partial charge in [-0.1, -0.05) is 37.6 Å². The summed E-state index contributed by atoms with van der Waals surface area (Å²) in [7, 11) is 0. The Hall–Kier alpha value is -2.79. The number of hydrogen-bond acceptors (Lipinski definition) is 3. The molecule has 0 aliphatic carbocycles. The summed E-state index contributed by atoms with van der Waals surface area (Å²) in [4.78, 5) is 21.5. The maximum atomic E-state index is 13.2. The van der Waals surface area contributed by atoms with Crippen LogP contribution in [-0.2, 0) is 17.6 Å². The van der Waals surface area contributed by atoms with Crippen LogP contribution in [0.3, 0.4) is 0 Å². The molecule has 1 amide bonds. The van der Waals surface area contributed by atoms with Gasteiger partial charge < -0.3 is 5.32 Å². The zero-order chi connectivity index (χ0) is 20.1. The third kappa shape index (κ3) is 5.36. The Balaban J connectivity index is 1.81. The van der Waals surface area contributed by atoms with E-state index >= 15 is 0 Å². The number of anilines is 1. The number of nitrogens with zero attached hydrogens (tertiary/aromatic N) is 2. The van der Waals surface area contributed by atoms with Gasteiger partial charge in [-0.25, -0.2) is 14.4 Å². The molecule has 1 N–H and O–H groups in total. The molecule has 1 heterocycles. The Kier molecular flexibility index (Phi) is 6.37. The molecule has 144 valence electrons. The van der Waals surface area contributed by atoms with Crippen molar-refractivity contribution in [2.45, 2.75) is 26.7 Å². The Bertz CT molecular complexity index is 957. The summed E-state index contributed by atoms with van der Waals surface area (Å²) in [5.74, 6) is 0.324. The van der Waals surface area contributed by atoms with Crippen LogP contribution in [0.4, 0.5) is 10.2 Å². The molecule has 0 saturated carbocycles. The highest BCUT2D eigenvalue weighted by Gasteiger charge is 2.14. The lowest BCUT2D eigenvalue weighted by Crippen LogP contribution is -2.18. The summed E-state index contributed by atoms with van der Waals surface area (Å²) in [5, 5.41) is 3.49. The number of carbonyl (C=O) groups is 1. The standard InChI is InChI=1S/C22H21ClFN3O/c1-14(2)11-19-22(27-21(28)12-15-3-7-17(23)8-4-15)25-13-20(26-19)16-5-9-18(24)10-6-16/h3-10,13-14H,11-12H2,1-2H3,(H,25,27,28). The van der Waals surface area contributed by atoms with Gasteiger partial charge in [-0.2, -0.15) is 0 Å². The third-order valence-electron chi connectivity index (χ3n) is 4.12. The molecule has 3 aromatic rings. The van der Waals surface area contributed by atoms with Gasteiger partial charge in [-0.15, -0.1) is 0 Å². The number of hydrogen-bond donors (Lipinski definition) is 1. The van der Waals surface area contributed by atoms with E-state index in [1.807, 2.05) is 12.1 Å². The van der Waals surface area contributed by atoms with Crippen LogP contribution in [0.25, 0.3) is 11.3 Å². The minimum atomic E-state index is -0.301. The molecule has 0 aliphatic rings. The minimum Gasteiger partial charge on any atom is -0.309 e. The van der Waals surface area contributed by atoms with Crippen molar-refractivity contribution in [1.82, 2.24) is 9.97 Å². The Morgan fingerprint density at radius 1 is 1.11 bits per heavy atom. The van der Waals surface area contributed by atoms with Gasteiger partial charge in [0.2, 0.25) is 5.91 Å². The maximum absolute atomic E-state index is 13.2. The average molecular weight is 398 g/mol. The van der Waals surface area contributed by atoms with Crippen molar-refractivity contribution in [3.63, 3.8) is 0 Å². The van der Waals surface area contributed by atoms with E-state index in [2.05, 4.69) is 29.1 Å². The highest BCUT2D eigenvalue weighted by molar-refractivity contribution is 6.30. The molecular formula is C22H21ClFN3O. The summed E-state index contributed by atoms with van der Waals surface area (Å²) < 4.78 is 13.2. The molecule has 0 unspecified atom stereocenters. The van der Waals surface area contributed by atoms with E-state index < -0.39 is 0 Å². The molecule has 28 heavy (non-hydrogen) atoms. The van der Waals surface area contributed by atoms with Gasteiger partial charge in [0, 0.05) is 10.6 Å². The van der Waals surface area contributed by atoms with Gasteiger partial charge in [0.1, 0.15) is 5.82 Å². The van der Waals surface area contributed by atoms with E-state index in [0.29, 0.717) is 34.6 Å². The van der Waals surface area contributed by atoms with Crippen LogP contribution in [0.2, 0.25) is 5.02 Å². The fourth-order valence-corrected chi connectivity index (χ4v) is 2.91. The molecule has 0 bridgehead atoms. The van der Waals surface area contributed by atoms with Gasteiger partial charge in [0.05, 0.1) is 24.0 Å². The monoisotopic (exact) mass is 397 g/mol. The van der Waals surface area contributed by atoms with Gasteiger partial charge >= 0.3 is 0 Å². The molecule has 0 radical (unpaired) electrons. The first-order valence-corrected chi connectivity index (χ1v) is 9.44. The molecule has 1 aromatic heterocycles. The molecule has 0 spiro atoms. The molecule has 0 aliphatic heterocycles. The fraction of sp³-hybridized carbons (Fsp3) is 0.227. The predicted molar refractivity (Wildman–Crippen MR) is 110 cm³/mol. The quantitative estimate of drug-likeness (QED) is 0.612. The molecule has 0 atom stereocenters. The second-order valence-corrected chi connectivity index (χ2v) is 7.44. The van der Waals surface area contributed by atoms with Crippen LogP contribution in [-0.4, -0.2) is 15.9 Å². The van der Waals surface area contributed by atoms with Gasteiger partial charge in [0.25, 0.3) is 0 Å². The number of benzene rings is 2. The number of rotatable bonds is 6. The van der Waals surface area contributed by atoms with Crippen LogP contribution >= 0.6 is 11.6 Å². The largest absolute Gasteiger partial charge is 0.309 e. The van der Waals surface area contributed by atoms with Crippen molar-refractivity contribution in [3.05, 3.63) is 76.8 Å². The Labute approximate surface area is 168 Å². The first kappa shape index (κ1) is 20.0. The highest BCUT2D eigenvalue weighted by atomic mass is 35.5. The summed E-state index contributed by atoms with van der Waals surface area (Å²) in [6.07, 6.45) is 2.48. The lowest BCUT2D eigenvalue weighted by molar-refractivity contribution is -0.115. The van der Waals surface area contributed by atoms with Crippen LogP contribution in [0.5, 0.6) is 0 Å². The SMILES string of the molecule is CC(C)Cc1nc(-c2ccc(F)cc2)cnc1NC(=O)Cc1ccc(Cl)cc1. The van der Waals surface area contributed by atoms with Crippen molar-refractivity contribution >= 4 is 23.3 Å². The van der Waals surface area contributed by atoms with Crippen molar-refractivity contribution in [3.8, 4) is 11.3 Å². The van der Waals surface area contributed by atoms with Gasteiger partial charge in [-0.3, -0.25) is 4.79 Å². The Morgan fingerprint density at radius 2 is 1.79 bits per heavy atom. The zero-order valence-corrected chi connectivity index (χ0v) is 16.5. The van der Waals surface area contributed by atoms with E-state index in [4.69, 9.17) is 11.6 Å². The smallest absolute Gasteiger partial charge is 0.229 e. The Morgan fingerprint density at radius 3 is 2.43 bits per heavy atom. The second-order valence-electron chi connectivity index (χ2n) is 7.01. The maximum Gasteiger partial charge on any atom is 0.229 e. The van der Waals surface area contributed by atoms with Crippen LogP contribution < -0.4 is 5.32 Å². The first-order valence-electron chi connectivity index (χ1n) is 9.07.